The van der Waals surface area contributed by atoms with Crippen molar-refractivity contribution in [3.63, 3.8) is 0 Å². The van der Waals surface area contributed by atoms with Gasteiger partial charge in [0.25, 0.3) is 5.91 Å². The van der Waals surface area contributed by atoms with Crippen LogP contribution in [-0.4, -0.2) is 44.8 Å². The van der Waals surface area contributed by atoms with Gasteiger partial charge in [-0.2, -0.15) is 5.10 Å². The van der Waals surface area contributed by atoms with Crippen LogP contribution in [0.2, 0.25) is 0 Å². The Morgan fingerprint density at radius 1 is 1.33 bits per heavy atom. The number of hydrogen-bond acceptors (Lipinski definition) is 3. The zero-order chi connectivity index (χ0) is 17.3. The molecule has 1 aromatic carbocycles. The molecule has 0 saturated carbocycles. The zero-order valence-corrected chi connectivity index (χ0v) is 14.5. The van der Waals surface area contributed by atoms with Crippen molar-refractivity contribution >= 4 is 5.91 Å². The van der Waals surface area contributed by atoms with Crippen molar-refractivity contribution < 1.29 is 9.90 Å². The van der Waals surface area contributed by atoms with Crippen LogP contribution in [0.3, 0.4) is 0 Å². The first-order chi connectivity index (χ1) is 11.4. The van der Waals surface area contributed by atoms with E-state index in [9.17, 15) is 9.90 Å². The predicted molar refractivity (Wildman–Crippen MR) is 93.6 cm³/mol. The Bertz CT molecular complexity index is 713. The van der Waals surface area contributed by atoms with Crippen LogP contribution >= 0.6 is 0 Å². The first kappa shape index (κ1) is 16.7. The molecule has 0 aliphatic carbocycles. The maximum Gasteiger partial charge on any atom is 0.253 e. The maximum atomic E-state index is 12.4. The number of benzene rings is 1. The number of likely N-dealkylation sites (tertiary alicyclic amines) is 1. The quantitative estimate of drug-likeness (QED) is 0.911. The van der Waals surface area contributed by atoms with E-state index in [1.54, 1.807) is 18.7 Å². The number of piperidine rings is 1. The van der Waals surface area contributed by atoms with Crippen LogP contribution in [0, 0.1) is 6.92 Å². The summed E-state index contributed by atoms with van der Waals surface area (Å²) in [5.41, 5.74) is 3.21. The maximum absolute atomic E-state index is 12.4. The standard InChI is InChI=1S/C19H25N3O2/c1-13-6-8-14(9-7-13)16-11-20-21-17(16)15-5-4-10-22(12-15)18(23)19(2,3)24/h6-9,11,15,24H,4-5,10,12H2,1-3H3,(H,20,21)/t15-/m1/s1. The minimum Gasteiger partial charge on any atom is -0.381 e. The van der Waals surface area contributed by atoms with Gasteiger partial charge in [-0.05, 0) is 39.2 Å². The van der Waals surface area contributed by atoms with E-state index in [4.69, 9.17) is 0 Å². The summed E-state index contributed by atoms with van der Waals surface area (Å²) in [6.07, 6.45) is 3.80. The largest absolute Gasteiger partial charge is 0.381 e. The summed E-state index contributed by atoms with van der Waals surface area (Å²) in [6, 6.07) is 8.40. The Balaban J connectivity index is 1.84. The molecule has 1 amide bonds. The van der Waals surface area contributed by atoms with E-state index in [-0.39, 0.29) is 11.8 Å². The number of nitrogens with one attached hydrogen (secondary N) is 1. The third-order valence-electron chi connectivity index (χ3n) is 4.67. The fraction of sp³-hybridized carbons (Fsp3) is 0.474. The Morgan fingerprint density at radius 3 is 2.71 bits per heavy atom. The van der Waals surface area contributed by atoms with Gasteiger partial charge in [0, 0.05) is 30.3 Å². The number of amides is 1. The summed E-state index contributed by atoms with van der Waals surface area (Å²) in [5, 5.41) is 17.4. The van der Waals surface area contributed by atoms with Gasteiger partial charge in [0.15, 0.2) is 0 Å². The Morgan fingerprint density at radius 2 is 2.04 bits per heavy atom. The fourth-order valence-electron chi connectivity index (χ4n) is 3.35. The Labute approximate surface area is 142 Å². The van der Waals surface area contributed by atoms with E-state index in [0.717, 1.165) is 29.7 Å². The molecule has 2 heterocycles. The van der Waals surface area contributed by atoms with E-state index in [2.05, 4.69) is 41.4 Å². The number of H-pyrrole nitrogens is 1. The number of carbonyl (C=O) groups is 1. The third-order valence-corrected chi connectivity index (χ3v) is 4.67. The van der Waals surface area contributed by atoms with E-state index >= 15 is 0 Å². The van der Waals surface area contributed by atoms with Crippen molar-refractivity contribution in [2.45, 2.75) is 45.1 Å². The van der Waals surface area contributed by atoms with Gasteiger partial charge in [0.05, 0.1) is 6.20 Å². The van der Waals surface area contributed by atoms with E-state index in [1.807, 2.05) is 6.20 Å². The third kappa shape index (κ3) is 3.36. The van der Waals surface area contributed by atoms with Gasteiger partial charge in [0.2, 0.25) is 0 Å². The molecule has 1 aliphatic heterocycles. The van der Waals surface area contributed by atoms with Crippen molar-refractivity contribution in [1.29, 1.82) is 0 Å². The second-order valence-electron chi connectivity index (χ2n) is 7.21. The summed E-state index contributed by atoms with van der Waals surface area (Å²) in [4.78, 5) is 14.1. The molecule has 3 rings (SSSR count). The average Bonchev–Trinajstić information content (AvgIpc) is 3.04. The molecule has 1 aliphatic rings. The van der Waals surface area contributed by atoms with E-state index in [1.165, 1.54) is 5.56 Å². The number of nitrogens with zero attached hydrogens (tertiary/aromatic N) is 2. The lowest BCUT2D eigenvalue weighted by molar-refractivity contribution is -0.149. The molecule has 2 aromatic rings. The van der Waals surface area contributed by atoms with Crippen LogP contribution in [0.15, 0.2) is 30.5 Å². The highest BCUT2D eigenvalue weighted by molar-refractivity contribution is 5.84. The lowest BCUT2D eigenvalue weighted by Crippen LogP contribution is -2.48. The molecule has 128 valence electrons. The zero-order valence-electron chi connectivity index (χ0n) is 14.5. The topological polar surface area (TPSA) is 69.2 Å². The average molecular weight is 327 g/mol. The van der Waals surface area contributed by atoms with Gasteiger partial charge in [-0.15, -0.1) is 0 Å². The number of aromatic amines is 1. The Kier molecular flexibility index (Phi) is 4.45. The van der Waals surface area contributed by atoms with Crippen molar-refractivity contribution in [1.82, 2.24) is 15.1 Å². The molecule has 2 N–H and O–H groups in total. The summed E-state index contributed by atoms with van der Waals surface area (Å²) in [5.74, 6) is 0.00690. The van der Waals surface area contributed by atoms with Gasteiger partial charge in [0.1, 0.15) is 5.60 Å². The number of carbonyl (C=O) groups excluding carboxylic acids is 1. The molecule has 0 unspecified atom stereocenters. The smallest absolute Gasteiger partial charge is 0.253 e. The molecule has 0 spiro atoms. The first-order valence-electron chi connectivity index (χ1n) is 8.48. The minimum atomic E-state index is -1.32. The monoisotopic (exact) mass is 327 g/mol. The number of rotatable bonds is 3. The molecule has 5 nitrogen and oxygen atoms in total. The van der Waals surface area contributed by atoms with Crippen molar-refractivity contribution in [2.24, 2.45) is 0 Å². The highest BCUT2D eigenvalue weighted by atomic mass is 16.3. The molecular weight excluding hydrogens is 302 g/mol. The van der Waals surface area contributed by atoms with Crippen LogP contribution in [0.1, 0.15) is 43.9 Å². The van der Waals surface area contributed by atoms with Crippen LogP contribution in [-0.2, 0) is 4.79 Å². The minimum absolute atomic E-state index is 0.205. The van der Waals surface area contributed by atoms with Crippen LogP contribution in [0.4, 0.5) is 0 Å². The molecule has 1 aromatic heterocycles. The van der Waals surface area contributed by atoms with E-state index < -0.39 is 5.60 Å². The molecular formula is C19H25N3O2. The second kappa shape index (κ2) is 6.40. The number of aryl methyl sites for hydroxylation is 1. The fourth-order valence-corrected chi connectivity index (χ4v) is 3.35. The van der Waals surface area contributed by atoms with Crippen molar-refractivity contribution in [2.75, 3.05) is 13.1 Å². The van der Waals surface area contributed by atoms with Gasteiger partial charge in [-0.1, -0.05) is 29.8 Å². The summed E-state index contributed by atoms with van der Waals surface area (Å²) in [6.45, 7) is 6.48. The van der Waals surface area contributed by atoms with Crippen molar-refractivity contribution in [3.8, 4) is 11.1 Å². The number of hydrogen-bond donors (Lipinski definition) is 2. The number of aromatic nitrogens is 2. The normalized spacial score (nSPS) is 18.7. The molecule has 5 heteroatoms. The summed E-state index contributed by atoms with van der Waals surface area (Å²) in [7, 11) is 0. The lowest BCUT2D eigenvalue weighted by atomic mass is 9.89. The van der Waals surface area contributed by atoms with Gasteiger partial charge >= 0.3 is 0 Å². The summed E-state index contributed by atoms with van der Waals surface area (Å²) < 4.78 is 0. The molecule has 1 saturated heterocycles. The van der Waals surface area contributed by atoms with Crippen LogP contribution in [0.25, 0.3) is 11.1 Å². The van der Waals surface area contributed by atoms with Gasteiger partial charge < -0.3 is 10.0 Å². The van der Waals surface area contributed by atoms with Gasteiger partial charge in [-0.3, -0.25) is 9.89 Å². The van der Waals surface area contributed by atoms with Crippen LogP contribution < -0.4 is 0 Å². The van der Waals surface area contributed by atoms with E-state index in [0.29, 0.717) is 13.1 Å². The molecule has 1 fully saturated rings. The lowest BCUT2D eigenvalue weighted by Gasteiger charge is -2.35. The van der Waals surface area contributed by atoms with Crippen LogP contribution in [0.5, 0.6) is 0 Å². The van der Waals surface area contributed by atoms with Crippen molar-refractivity contribution in [3.05, 3.63) is 41.7 Å². The molecule has 0 bridgehead atoms. The highest BCUT2D eigenvalue weighted by Gasteiger charge is 2.34. The SMILES string of the molecule is Cc1ccc(-c2cn[nH]c2[C@@H]2CCCN(C(=O)C(C)(C)O)C2)cc1. The second-order valence-corrected chi connectivity index (χ2v) is 7.21. The highest BCUT2D eigenvalue weighted by Crippen LogP contribution is 2.33. The molecule has 24 heavy (non-hydrogen) atoms. The first-order valence-corrected chi connectivity index (χ1v) is 8.48. The van der Waals surface area contributed by atoms with Gasteiger partial charge in [-0.25, -0.2) is 0 Å². The molecule has 1 atom stereocenters. The number of aliphatic hydroxyl groups is 1. The Hall–Kier alpha value is -2.14. The molecule has 0 radical (unpaired) electrons. The predicted octanol–water partition coefficient (Wildman–Crippen LogP) is 2.86. The summed E-state index contributed by atoms with van der Waals surface area (Å²) >= 11 is 0.